The van der Waals surface area contributed by atoms with Crippen LogP contribution in [0.25, 0.3) is 0 Å². The summed E-state index contributed by atoms with van der Waals surface area (Å²) < 4.78 is 0. The fraction of sp³-hybridized carbons (Fsp3) is 0.889. The van der Waals surface area contributed by atoms with Crippen LogP contribution in [0.4, 0.5) is 0 Å². The van der Waals surface area contributed by atoms with Crippen LogP contribution in [0, 0.1) is 5.92 Å². The molecule has 1 fully saturated rings. The second-order valence-corrected chi connectivity index (χ2v) is 4.40. The molecular weight excluding hydrogens is 182 g/mol. The van der Waals surface area contributed by atoms with Gasteiger partial charge in [-0.1, -0.05) is 0 Å². The summed E-state index contributed by atoms with van der Waals surface area (Å²) in [5, 5.41) is 0. The van der Waals surface area contributed by atoms with E-state index in [2.05, 4.69) is 16.1 Å². The first-order valence-corrected chi connectivity index (χ1v) is 6.13. The molecule has 0 aromatic carbocycles. The van der Waals surface area contributed by atoms with E-state index in [-0.39, 0.29) is 0 Å². The van der Waals surface area contributed by atoms with Gasteiger partial charge in [-0.25, -0.2) is 0 Å². The van der Waals surface area contributed by atoms with Gasteiger partial charge in [-0.3, -0.25) is 4.99 Å². The minimum atomic E-state index is 0.700. The summed E-state index contributed by atoms with van der Waals surface area (Å²) in [5.74, 6) is 2.74. The Kier molecular flexibility index (Phi) is 4.42. The molecule has 13 heavy (non-hydrogen) atoms. The summed E-state index contributed by atoms with van der Waals surface area (Å²) in [6.45, 7) is 2.16. The number of piperidine rings is 1. The topological polar surface area (TPSA) is 41.6 Å². The summed E-state index contributed by atoms with van der Waals surface area (Å²) in [4.78, 5) is 6.22. The molecule has 2 N–H and O–H groups in total. The van der Waals surface area contributed by atoms with Gasteiger partial charge in [0, 0.05) is 20.1 Å². The Morgan fingerprint density at radius 1 is 1.69 bits per heavy atom. The van der Waals surface area contributed by atoms with E-state index >= 15 is 0 Å². The summed E-state index contributed by atoms with van der Waals surface area (Å²) in [7, 11) is 1.76. The lowest BCUT2D eigenvalue weighted by atomic mass is 10.0. The average molecular weight is 201 g/mol. The molecule has 1 saturated heterocycles. The quantitative estimate of drug-likeness (QED) is 0.535. The van der Waals surface area contributed by atoms with Gasteiger partial charge in [0.05, 0.1) is 0 Å². The van der Waals surface area contributed by atoms with E-state index in [0.29, 0.717) is 5.96 Å². The normalized spacial score (nSPS) is 24.9. The molecule has 0 spiro atoms. The monoisotopic (exact) mass is 201 g/mol. The van der Waals surface area contributed by atoms with E-state index in [1.165, 1.54) is 18.6 Å². The number of hydrogen-bond acceptors (Lipinski definition) is 2. The smallest absolute Gasteiger partial charge is 0.190 e. The number of hydrogen-bond donors (Lipinski definition) is 1. The minimum absolute atomic E-state index is 0.700. The van der Waals surface area contributed by atoms with Crippen LogP contribution in [-0.2, 0) is 0 Å². The Balaban J connectivity index is 2.41. The first kappa shape index (κ1) is 10.7. The van der Waals surface area contributed by atoms with Gasteiger partial charge in [0.15, 0.2) is 5.96 Å². The van der Waals surface area contributed by atoms with Crippen molar-refractivity contribution >= 4 is 17.7 Å². The summed E-state index contributed by atoms with van der Waals surface area (Å²) >= 11 is 1.92. The molecule has 1 aliphatic heterocycles. The van der Waals surface area contributed by atoms with E-state index in [1.54, 1.807) is 7.05 Å². The lowest BCUT2D eigenvalue weighted by Crippen LogP contribution is -2.44. The first-order valence-electron chi connectivity index (χ1n) is 4.74. The van der Waals surface area contributed by atoms with E-state index in [1.807, 2.05) is 11.8 Å². The van der Waals surface area contributed by atoms with Crippen LogP contribution in [0.1, 0.15) is 12.8 Å². The highest BCUT2D eigenvalue weighted by molar-refractivity contribution is 7.98. The van der Waals surface area contributed by atoms with Gasteiger partial charge >= 0.3 is 0 Å². The maximum absolute atomic E-state index is 5.78. The molecule has 1 heterocycles. The Hall–Kier alpha value is -0.380. The second-order valence-electron chi connectivity index (χ2n) is 3.49. The molecule has 4 heteroatoms. The number of likely N-dealkylation sites (tertiary alicyclic amines) is 1. The van der Waals surface area contributed by atoms with Gasteiger partial charge in [0.2, 0.25) is 0 Å². The van der Waals surface area contributed by atoms with Crippen LogP contribution in [0.2, 0.25) is 0 Å². The molecule has 76 valence electrons. The molecule has 0 saturated carbocycles. The van der Waals surface area contributed by atoms with Crippen molar-refractivity contribution in [1.29, 1.82) is 0 Å². The van der Waals surface area contributed by atoms with Crippen molar-refractivity contribution in [2.24, 2.45) is 16.6 Å². The fourth-order valence-corrected chi connectivity index (χ4v) is 2.53. The number of aliphatic imine (C=N–C) groups is 1. The van der Waals surface area contributed by atoms with Crippen LogP contribution >= 0.6 is 11.8 Å². The van der Waals surface area contributed by atoms with E-state index in [0.717, 1.165) is 19.0 Å². The van der Waals surface area contributed by atoms with Gasteiger partial charge in [-0.2, -0.15) is 11.8 Å². The van der Waals surface area contributed by atoms with Gasteiger partial charge in [0.25, 0.3) is 0 Å². The Morgan fingerprint density at radius 2 is 2.46 bits per heavy atom. The zero-order chi connectivity index (χ0) is 9.68. The number of nitrogens with two attached hydrogens (primary N) is 1. The summed E-state index contributed by atoms with van der Waals surface area (Å²) in [6.07, 6.45) is 4.76. The summed E-state index contributed by atoms with van der Waals surface area (Å²) in [5.41, 5.74) is 5.78. The molecule has 0 aromatic heterocycles. The third kappa shape index (κ3) is 3.10. The lowest BCUT2D eigenvalue weighted by Gasteiger charge is -2.33. The van der Waals surface area contributed by atoms with Gasteiger partial charge in [-0.05, 0) is 30.8 Å². The van der Waals surface area contributed by atoms with Crippen molar-refractivity contribution in [3.63, 3.8) is 0 Å². The average Bonchev–Trinajstić information content (AvgIpc) is 2.18. The predicted molar refractivity (Wildman–Crippen MR) is 60.2 cm³/mol. The lowest BCUT2D eigenvalue weighted by molar-refractivity contribution is 0.274. The van der Waals surface area contributed by atoms with Crippen LogP contribution < -0.4 is 5.73 Å². The van der Waals surface area contributed by atoms with E-state index in [4.69, 9.17) is 5.73 Å². The second kappa shape index (κ2) is 5.37. The highest BCUT2D eigenvalue weighted by atomic mass is 32.2. The predicted octanol–water partition coefficient (Wildman–Crippen LogP) is 1.01. The molecule has 1 atom stereocenters. The highest BCUT2D eigenvalue weighted by Gasteiger charge is 2.20. The van der Waals surface area contributed by atoms with Crippen molar-refractivity contribution in [3.8, 4) is 0 Å². The number of nitrogens with zero attached hydrogens (tertiary/aromatic N) is 2. The zero-order valence-electron chi connectivity index (χ0n) is 8.49. The molecular formula is C9H19N3S. The molecule has 1 aliphatic rings. The molecule has 0 aromatic rings. The minimum Gasteiger partial charge on any atom is -0.370 e. The zero-order valence-corrected chi connectivity index (χ0v) is 9.31. The highest BCUT2D eigenvalue weighted by Crippen LogP contribution is 2.19. The van der Waals surface area contributed by atoms with Crippen molar-refractivity contribution in [1.82, 2.24) is 4.90 Å². The molecule has 0 bridgehead atoms. The van der Waals surface area contributed by atoms with Gasteiger partial charge < -0.3 is 10.6 Å². The first-order chi connectivity index (χ1) is 6.27. The van der Waals surface area contributed by atoms with Gasteiger partial charge in [-0.15, -0.1) is 0 Å². The summed E-state index contributed by atoms with van der Waals surface area (Å²) in [6, 6.07) is 0. The Morgan fingerprint density at radius 3 is 3.08 bits per heavy atom. The van der Waals surface area contributed by atoms with Crippen LogP contribution in [0.15, 0.2) is 4.99 Å². The third-order valence-electron chi connectivity index (χ3n) is 2.47. The molecule has 0 amide bonds. The van der Waals surface area contributed by atoms with Crippen molar-refractivity contribution in [2.45, 2.75) is 12.8 Å². The molecule has 0 aliphatic carbocycles. The number of rotatable bonds is 2. The van der Waals surface area contributed by atoms with Crippen molar-refractivity contribution in [2.75, 3.05) is 32.1 Å². The van der Waals surface area contributed by atoms with Crippen molar-refractivity contribution in [3.05, 3.63) is 0 Å². The SMILES string of the molecule is CN=C(N)N1CCCC(CSC)C1. The van der Waals surface area contributed by atoms with Crippen LogP contribution in [-0.4, -0.2) is 43.0 Å². The van der Waals surface area contributed by atoms with E-state index in [9.17, 15) is 0 Å². The maximum atomic E-state index is 5.78. The van der Waals surface area contributed by atoms with E-state index < -0.39 is 0 Å². The van der Waals surface area contributed by atoms with Crippen LogP contribution in [0.3, 0.4) is 0 Å². The standard InChI is InChI=1S/C9H19N3S/c1-11-9(10)12-5-3-4-8(6-12)7-13-2/h8H,3-7H2,1-2H3,(H2,10,11). The molecule has 1 rings (SSSR count). The third-order valence-corrected chi connectivity index (χ3v) is 3.28. The fourth-order valence-electron chi connectivity index (χ4n) is 1.79. The number of thioether (sulfide) groups is 1. The Bertz CT molecular complexity index is 180. The molecule has 0 radical (unpaired) electrons. The Labute approximate surface area is 84.8 Å². The number of guanidine groups is 1. The van der Waals surface area contributed by atoms with Gasteiger partial charge in [0.1, 0.15) is 0 Å². The van der Waals surface area contributed by atoms with Crippen molar-refractivity contribution < 1.29 is 0 Å². The van der Waals surface area contributed by atoms with Crippen LogP contribution in [0.5, 0.6) is 0 Å². The maximum Gasteiger partial charge on any atom is 0.190 e. The molecule has 1 unspecified atom stereocenters. The molecule has 3 nitrogen and oxygen atoms in total. The largest absolute Gasteiger partial charge is 0.370 e.